The van der Waals surface area contributed by atoms with Crippen molar-refractivity contribution in [3.63, 3.8) is 0 Å². The van der Waals surface area contributed by atoms with Gasteiger partial charge in [-0.25, -0.2) is 0 Å². The van der Waals surface area contributed by atoms with Crippen LogP contribution in [0.3, 0.4) is 0 Å². The Hall–Kier alpha value is -0.250. The highest BCUT2D eigenvalue weighted by Gasteiger charge is 2.12. The zero-order valence-corrected chi connectivity index (χ0v) is 12.1. The molecular weight excluding hydrogens is 302 g/mol. The molecule has 0 spiro atoms. The SMILES string of the molecule is Clc1ccc(OCCC2CCCCN2)c(Br)c1. The van der Waals surface area contributed by atoms with Gasteiger partial charge in [0.15, 0.2) is 0 Å². The van der Waals surface area contributed by atoms with E-state index in [0.717, 1.165) is 34.8 Å². The Bertz CT molecular complexity index is 366. The van der Waals surface area contributed by atoms with Crippen LogP contribution >= 0.6 is 27.5 Å². The quantitative estimate of drug-likeness (QED) is 0.905. The maximum absolute atomic E-state index is 5.88. The minimum Gasteiger partial charge on any atom is -0.492 e. The summed E-state index contributed by atoms with van der Waals surface area (Å²) >= 11 is 9.33. The van der Waals surface area contributed by atoms with Gasteiger partial charge in [-0.3, -0.25) is 0 Å². The predicted octanol–water partition coefficient (Wildman–Crippen LogP) is 4.01. The molecule has 1 heterocycles. The molecule has 1 aromatic rings. The lowest BCUT2D eigenvalue weighted by Crippen LogP contribution is -2.35. The number of rotatable bonds is 4. The standard InChI is InChI=1S/C13H17BrClNO/c14-12-9-10(15)4-5-13(12)17-8-6-11-3-1-2-7-16-11/h4-5,9,11,16H,1-3,6-8H2. The van der Waals surface area contributed by atoms with Gasteiger partial charge in [0.05, 0.1) is 11.1 Å². The second-order valence-corrected chi connectivity index (χ2v) is 5.65. The predicted molar refractivity (Wildman–Crippen MR) is 74.9 cm³/mol. The van der Waals surface area contributed by atoms with Crippen molar-refractivity contribution >= 4 is 27.5 Å². The highest BCUT2D eigenvalue weighted by molar-refractivity contribution is 9.10. The Balaban J connectivity index is 1.77. The largest absolute Gasteiger partial charge is 0.492 e. The molecule has 4 heteroatoms. The third-order valence-corrected chi connectivity index (χ3v) is 3.88. The number of benzene rings is 1. The highest BCUT2D eigenvalue weighted by Crippen LogP contribution is 2.28. The van der Waals surface area contributed by atoms with Crippen LogP contribution in [0.15, 0.2) is 22.7 Å². The molecule has 2 nitrogen and oxygen atoms in total. The molecule has 1 unspecified atom stereocenters. The van der Waals surface area contributed by atoms with Gasteiger partial charge >= 0.3 is 0 Å². The first-order valence-corrected chi connectivity index (χ1v) is 7.24. The fraction of sp³-hybridized carbons (Fsp3) is 0.538. The summed E-state index contributed by atoms with van der Waals surface area (Å²) in [5.41, 5.74) is 0. The topological polar surface area (TPSA) is 21.3 Å². The summed E-state index contributed by atoms with van der Waals surface area (Å²) in [6.45, 7) is 1.90. The molecule has 1 fully saturated rings. The Kier molecular flexibility index (Phi) is 5.14. The van der Waals surface area contributed by atoms with Gasteiger partial charge in [-0.2, -0.15) is 0 Å². The molecule has 1 N–H and O–H groups in total. The molecule has 0 aliphatic carbocycles. The highest BCUT2D eigenvalue weighted by atomic mass is 79.9. The van der Waals surface area contributed by atoms with Crippen molar-refractivity contribution < 1.29 is 4.74 Å². The third-order valence-electron chi connectivity index (χ3n) is 3.03. The zero-order valence-electron chi connectivity index (χ0n) is 9.72. The molecule has 0 bridgehead atoms. The number of hydrogen-bond donors (Lipinski definition) is 1. The van der Waals surface area contributed by atoms with Crippen molar-refractivity contribution in [3.05, 3.63) is 27.7 Å². The molecule has 2 rings (SSSR count). The fourth-order valence-electron chi connectivity index (χ4n) is 2.07. The molecule has 0 saturated carbocycles. The molecule has 94 valence electrons. The van der Waals surface area contributed by atoms with E-state index in [9.17, 15) is 0 Å². The fourth-order valence-corrected chi connectivity index (χ4v) is 2.87. The van der Waals surface area contributed by atoms with Crippen LogP contribution in [0.4, 0.5) is 0 Å². The van der Waals surface area contributed by atoms with Crippen molar-refractivity contribution in [1.82, 2.24) is 5.32 Å². The van der Waals surface area contributed by atoms with Crippen LogP contribution in [-0.2, 0) is 0 Å². The zero-order chi connectivity index (χ0) is 12.1. The Morgan fingerprint density at radius 2 is 2.29 bits per heavy atom. The molecule has 0 amide bonds. The normalized spacial score (nSPS) is 20.2. The van der Waals surface area contributed by atoms with E-state index in [1.54, 1.807) is 0 Å². The van der Waals surface area contributed by atoms with E-state index in [0.29, 0.717) is 6.04 Å². The summed E-state index contributed by atoms with van der Waals surface area (Å²) in [5.74, 6) is 0.866. The maximum atomic E-state index is 5.88. The lowest BCUT2D eigenvalue weighted by Gasteiger charge is -2.23. The second-order valence-electron chi connectivity index (χ2n) is 4.36. The van der Waals surface area contributed by atoms with E-state index < -0.39 is 0 Å². The first kappa shape index (κ1) is 13.2. The third kappa shape index (κ3) is 4.16. The number of nitrogens with one attached hydrogen (secondary N) is 1. The van der Waals surface area contributed by atoms with E-state index in [1.807, 2.05) is 18.2 Å². The monoisotopic (exact) mass is 317 g/mol. The average molecular weight is 319 g/mol. The van der Waals surface area contributed by atoms with Crippen molar-refractivity contribution in [1.29, 1.82) is 0 Å². The van der Waals surface area contributed by atoms with Crippen molar-refractivity contribution in [2.45, 2.75) is 31.7 Å². The van der Waals surface area contributed by atoms with Crippen LogP contribution in [0, 0.1) is 0 Å². The molecule has 1 aliphatic heterocycles. The molecule has 1 aliphatic rings. The van der Waals surface area contributed by atoms with Crippen LogP contribution in [0.25, 0.3) is 0 Å². The molecule has 17 heavy (non-hydrogen) atoms. The lowest BCUT2D eigenvalue weighted by atomic mass is 10.0. The average Bonchev–Trinajstić information content (AvgIpc) is 2.33. The van der Waals surface area contributed by atoms with Gasteiger partial charge in [0.25, 0.3) is 0 Å². The molecule has 1 aromatic carbocycles. The summed E-state index contributed by atoms with van der Waals surface area (Å²) in [4.78, 5) is 0. The van der Waals surface area contributed by atoms with Gasteiger partial charge in [-0.05, 0) is 59.9 Å². The summed E-state index contributed by atoms with van der Waals surface area (Å²) in [5, 5.41) is 4.24. The van der Waals surface area contributed by atoms with Gasteiger partial charge in [-0.1, -0.05) is 18.0 Å². The van der Waals surface area contributed by atoms with Crippen molar-refractivity contribution in [2.24, 2.45) is 0 Å². The number of ether oxygens (including phenoxy) is 1. The minimum atomic E-state index is 0.620. The molecule has 1 atom stereocenters. The van der Waals surface area contributed by atoms with Gasteiger partial charge in [-0.15, -0.1) is 0 Å². The van der Waals surface area contributed by atoms with Crippen LogP contribution in [0.2, 0.25) is 5.02 Å². The van der Waals surface area contributed by atoms with Gasteiger partial charge in [0.1, 0.15) is 5.75 Å². The Labute approximate surface area is 116 Å². The number of hydrogen-bond acceptors (Lipinski definition) is 2. The molecule has 1 saturated heterocycles. The lowest BCUT2D eigenvalue weighted by molar-refractivity contribution is 0.267. The van der Waals surface area contributed by atoms with E-state index in [4.69, 9.17) is 16.3 Å². The first-order chi connectivity index (χ1) is 8.25. The summed E-state index contributed by atoms with van der Waals surface area (Å²) in [6, 6.07) is 6.23. The van der Waals surface area contributed by atoms with E-state index in [1.165, 1.54) is 19.3 Å². The summed E-state index contributed by atoms with van der Waals surface area (Å²) in [7, 11) is 0. The van der Waals surface area contributed by atoms with Crippen LogP contribution in [0.1, 0.15) is 25.7 Å². The van der Waals surface area contributed by atoms with Gasteiger partial charge < -0.3 is 10.1 Å². The van der Waals surface area contributed by atoms with E-state index >= 15 is 0 Å². The van der Waals surface area contributed by atoms with Gasteiger partial charge in [0.2, 0.25) is 0 Å². The van der Waals surface area contributed by atoms with Crippen molar-refractivity contribution in [3.8, 4) is 5.75 Å². The second kappa shape index (κ2) is 6.62. The summed E-state index contributed by atoms with van der Waals surface area (Å²) < 4.78 is 6.67. The molecule has 0 aromatic heterocycles. The number of halogens is 2. The number of piperidine rings is 1. The minimum absolute atomic E-state index is 0.620. The Morgan fingerprint density at radius 3 is 3.00 bits per heavy atom. The summed E-state index contributed by atoms with van der Waals surface area (Å²) in [6.07, 6.45) is 4.97. The smallest absolute Gasteiger partial charge is 0.133 e. The van der Waals surface area contributed by atoms with Crippen molar-refractivity contribution in [2.75, 3.05) is 13.2 Å². The van der Waals surface area contributed by atoms with E-state index in [-0.39, 0.29) is 0 Å². The molecule has 0 radical (unpaired) electrons. The van der Waals surface area contributed by atoms with E-state index in [2.05, 4.69) is 21.2 Å². The van der Waals surface area contributed by atoms with Crippen LogP contribution < -0.4 is 10.1 Å². The molecular formula is C13H17BrClNO. The Morgan fingerprint density at radius 1 is 1.41 bits per heavy atom. The van der Waals surface area contributed by atoms with Crippen LogP contribution in [-0.4, -0.2) is 19.2 Å². The first-order valence-electron chi connectivity index (χ1n) is 6.07. The maximum Gasteiger partial charge on any atom is 0.133 e. The van der Waals surface area contributed by atoms with Gasteiger partial charge in [0, 0.05) is 11.1 Å². The van der Waals surface area contributed by atoms with Crippen LogP contribution in [0.5, 0.6) is 5.75 Å².